The lowest BCUT2D eigenvalue weighted by Crippen LogP contribution is -2.07. The summed E-state index contributed by atoms with van der Waals surface area (Å²) in [6, 6.07) is 2.58. The van der Waals surface area contributed by atoms with Gasteiger partial charge in [0.1, 0.15) is 0 Å². The van der Waals surface area contributed by atoms with Crippen molar-refractivity contribution in [3.05, 3.63) is 0 Å². The summed E-state index contributed by atoms with van der Waals surface area (Å²) < 4.78 is 0. The summed E-state index contributed by atoms with van der Waals surface area (Å²) in [6.45, 7) is 2.09. The maximum absolute atomic E-state index is 9.72. The van der Waals surface area contributed by atoms with Crippen molar-refractivity contribution in [3.63, 3.8) is 0 Å². The lowest BCUT2D eigenvalue weighted by Gasteiger charge is -1.99. The summed E-state index contributed by atoms with van der Waals surface area (Å²) in [6.07, 6.45) is 2.58. The second-order valence-electron chi connectivity index (χ2n) is 3.01. The molecule has 6 heteroatoms. The minimum atomic E-state index is -1.52. The summed E-state index contributed by atoms with van der Waals surface area (Å²) in [5, 5.41) is 40.3. The van der Waals surface area contributed by atoms with Crippen molar-refractivity contribution < 1.29 is 20.1 Å². The molecule has 0 saturated heterocycles. The molecule has 0 rings (SSSR count). The van der Waals surface area contributed by atoms with E-state index in [1.54, 1.807) is 0 Å². The molecule has 3 N–H and O–H groups in total. The maximum Gasteiger partial charge on any atom is 0.335 e. The highest BCUT2D eigenvalue weighted by Gasteiger charge is 2.13. The van der Waals surface area contributed by atoms with E-state index in [0.29, 0.717) is 6.42 Å². The van der Waals surface area contributed by atoms with E-state index in [4.69, 9.17) is 25.8 Å². The van der Waals surface area contributed by atoms with Crippen molar-refractivity contribution in [3.8, 4) is 12.1 Å². The summed E-state index contributed by atoms with van der Waals surface area (Å²) >= 11 is 0. The zero-order valence-electron chi connectivity index (χ0n) is 9.13. The first-order chi connectivity index (χ1) is 7.49. The Bertz CT molecular complexity index is 251. The van der Waals surface area contributed by atoms with E-state index in [1.165, 1.54) is 12.1 Å². The first kappa shape index (κ1) is 16.8. The Labute approximate surface area is 94.4 Å². The zero-order chi connectivity index (χ0) is 13.0. The Hall–Kier alpha value is -1.63. The standard InChI is InChI=1S/C6H14O2.C4H2N2O2/c1-2-3-4-5-6(7)8;5-1-3(2-6)4(7)8/h6-8H,2-5H2,1H3;3H,(H,7,8). The highest BCUT2D eigenvalue weighted by atomic mass is 16.5. The number of hydrogen-bond acceptors (Lipinski definition) is 5. The van der Waals surface area contributed by atoms with Crippen LogP contribution >= 0.6 is 0 Å². The third-order valence-corrected chi connectivity index (χ3v) is 1.57. The molecule has 0 aromatic heterocycles. The number of unbranched alkanes of at least 4 members (excludes halogenated alkanes) is 2. The highest BCUT2D eigenvalue weighted by molar-refractivity contribution is 5.75. The van der Waals surface area contributed by atoms with Crippen LogP contribution in [-0.2, 0) is 4.79 Å². The van der Waals surface area contributed by atoms with Gasteiger partial charge in [-0.3, -0.25) is 0 Å². The number of aliphatic carboxylic acids is 1. The number of aliphatic hydroxyl groups excluding tert-OH is 1. The third-order valence-electron chi connectivity index (χ3n) is 1.57. The van der Waals surface area contributed by atoms with Gasteiger partial charge < -0.3 is 15.3 Å². The maximum atomic E-state index is 9.72. The molecule has 0 spiro atoms. The first-order valence-corrected chi connectivity index (χ1v) is 4.87. The van der Waals surface area contributed by atoms with Crippen LogP contribution in [0.1, 0.15) is 32.6 Å². The molecule has 0 aromatic carbocycles. The molecule has 0 aliphatic carbocycles. The second-order valence-corrected chi connectivity index (χ2v) is 3.01. The van der Waals surface area contributed by atoms with E-state index in [2.05, 4.69) is 6.92 Å². The Morgan fingerprint density at radius 2 is 1.75 bits per heavy atom. The normalized spacial score (nSPS) is 8.94. The van der Waals surface area contributed by atoms with Crippen LogP contribution in [0.25, 0.3) is 0 Å². The topological polar surface area (TPSA) is 125 Å². The van der Waals surface area contributed by atoms with Gasteiger partial charge in [-0.2, -0.15) is 10.5 Å². The third kappa shape index (κ3) is 12.4. The van der Waals surface area contributed by atoms with Crippen molar-refractivity contribution in [1.29, 1.82) is 10.5 Å². The number of carboxylic acid groups (broad SMARTS) is 1. The van der Waals surface area contributed by atoms with E-state index in [-0.39, 0.29) is 0 Å². The fraction of sp³-hybridized carbons (Fsp3) is 0.700. The van der Waals surface area contributed by atoms with Crippen LogP contribution in [0, 0.1) is 28.6 Å². The number of carbonyl (C=O) groups is 1. The second kappa shape index (κ2) is 11.4. The van der Waals surface area contributed by atoms with E-state index in [1.807, 2.05) is 0 Å². The highest BCUT2D eigenvalue weighted by Crippen LogP contribution is 1.99. The van der Waals surface area contributed by atoms with Crippen molar-refractivity contribution in [2.75, 3.05) is 0 Å². The lowest BCUT2D eigenvalue weighted by molar-refractivity contribution is -0.138. The fourth-order valence-electron chi connectivity index (χ4n) is 0.716. The molecule has 0 aromatic rings. The monoisotopic (exact) mass is 228 g/mol. The average molecular weight is 228 g/mol. The lowest BCUT2D eigenvalue weighted by atomic mass is 10.2. The van der Waals surface area contributed by atoms with Gasteiger partial charge in [0.25, 0.3) is 0 Å². The van der Waals surface area contributed by atoms with Crippen LogP contribution in [0.2, 0.25) is 0 Å². The molecule has 0 aliphatic heterocycles. The van der Waals surface area contributed by atoms with E-state index < -0.39 is 18.2 Å². The van der Waals surface area contributed by atoms with Gasteiger partial charge in [0.15, 0.2) is 6.29 Å². The molecule has 90 valence electrons. The zero-order valence-corrected chi connectivity index (χ0v) is 9.13. The molecule has 0 saturated carbocycles. The average Bonchev–Trinajstić information content (AvgIpc) is 2.20. The van der Waals surface area contributed by atoms with Gasteiger partial charge in [0.05, 0.1) is 12.1 Å². The number of nitrogens with zero attached hydrogens (tertiary/aromatic N) is 2. The van der Waals surface area contributed by atoms with Crippen LogP contribution in [0.4, 0.5) is 0 Å². The van der Waals surface area contributed by atoms with Crippen molar-refractivity contribution >= 4 is 5.97 Å². The molecule has 0 unspecified atom stereocenters. The summed E-state index contributed by atoms with van der Waals surface area (Å²) in [4.78, 5) is 9.72. The van der Waals surface area contributed by atoms with Gasteiger partial charge in [-0.15, -0.1) is 0 Å². The van der Waals surface area contributed by atoms with Gasteiger partial charge in [0, 0.05) is 0 Å². The summed E-state index contributed by atoms with van der Waals surface area (Å²) in [7, 11) is 0. The van der Waals surface area contributed by atoms with Crippen molar-refractivity contribution in [1.82, 2.24) is 0 Å². The molecule has 6 nitrogen and oxygen atoms in total. The molecule has 0 amide bonds. The number of nitriles is 2. The van der Waals surface area contributed by atoms with Gasteiger partial charge in [-0.25, -0.2) is 4.79 Å². The number of hydrogen-bond donors (Lipinski definition) is 3. The van der Waals surface area contributed by atoms with Gasteiger partial charge in [0.2, 0.25) is 5.92 Å². The minimum absolute atomic E-state index is 0.522. The quantitative estimate of drug-likeness (QED) is 0.467. The summed E-state index contributed by atoms with van der Waals surface area (Å²) in [5.74, 6) is -2.91. The minimum Gasteiger partial charge on any atom is -0.479 e. The van der Waals surface area contributed by atoms with Crippen LogP contribution in [0.5, 0.6) is 0 Å². The predicted octanol–water partition coefficient (Wildman–Crippen LogP) is 0.612. The van der Waals surface area contributed by atoms with E-state index in [9.17, 15) is 4.79 Å². The number of aliphatic hydroxyl groups is 2. The molecule has 0 aliphatic rings. The Morgan fingerprint density at radius 3 is 1.94 bits per heavy atom. The number of carboxylic acids is 1. The Balaban J connectivity index is 0. The van der Waals surface area contributed by atoms with Gasteiger partial charge in [-0.1, -0.05) is 19.8 Å². The molecule has 16 heavy (non-hydrogen) atoms. The van der Waals surface area contributed by atoms with Gasteiger partial charge in [-0.05, 0) is 12.8 Å². The molecular weight excluding hydrogens is 212 g/mol. The predicted molar refractivity (Wildman–Crippen MR) is 54.7 cm³/mol. The molecular formula is C10H16N2O4. The Kier molecular flexibility index (Phi) is 12.0. The smallest absolute Gasteiger partial charge is 0.335 e. The molecule has 0 radical (unpaired) electrons. The van der Waals surface area contributed by atoms with E-state index >= 15 is 0 Å². The molecule has 0 heterocycles. The number of rotatable bonds is 5. The summed E-state index contributed by atoms with van der Waals surface area (Å²) in [5.41, 5.74) is 0. The van der Waals surface area contributed by atoms with Gasteiger partial charge >= 0.3 is 5.97 Å². The SMILES string of the molecule is CCCCCC(O)O.N#CC(C#N)C(=O)O. The molecule has 0 fully saturated rings. The Morgan fingerprint density at radius 1 is 1.25 bits per heavy atom. The van der Waals surface area contributed by atoms with Crippen LogP contribution in [-0.4, -0.2) is 27.6 Å². The van der Waals surface area contributed by atoms with Crippen molar-refractivity contribution in [2.45, 2.75) is 38.9 Å². The first-order valence-electron chi connectivity index (χ1n) is 4.87. The van der Waals surface area contributed by atoms with Crippen molar-refractivity contribution in [2.24, 2.45) is 5.92 Å². The molecule has 0 bridgehead atoms. The van der Waals surface area contributed by atoms with Crippen LogP contribution in [0.3, 0.4) is 0 Å². The largest absolute Gasteiger partial charge is 0.479 e. The van der Waals surface area contributed by atoms with E-state index in [0.717, 1.165) is 19.3 Å². The van der Waals surface area contributed by atoms with Crippen LogP contribution in [0.15, 0.2) is 0 Å². The fourth-order valence-corrected chi connectivity index (χ4v) is 0.716. The van der Waals surface area contributed by atoms with Crippen LogP contribution < -0.4 is 0 Å². The molecule has 0 atom stereocenters.